The molecule has 0 amide bonds. The zero-order valence-electron chi connectivity index (χ0n) is 10.6. The van der Waals surface area contributed by atoms with Crippen LogP contribution in [0.1, 0.15) is 37.9 Å². The predicted octanol–water partition coefficient (Wildman–Crippen LogP) is 2.08. The van der Waals surface area contributed by atoms with E-state index in [0.29, 0.717) is 12.7 Å². The number of aliphatic hydroxyl groups is 1. The topological polar surface area (TPSA) is 51.6 Å². The van der Waals surface area contributed by atoms with Crippen molar-refractivity contribution in [2.45, 2.75) is 44.5 Å². The van der Waals surface area contributed by atoms with Crippen LogP contribution >= 0.6 is 0 Å². The Bertz CT molecular complexity index is 423. The van der Waals surface area contributed by atoms with Gasteiger partial charge in [-0.25, -0.2) is 0 Å². The SMILES string of the molecule is CCOc1cncc(C(O)C2CC3CCC2O3)c1. The second-order valence-electron chi connectivity index (χ2n) is 5.11. The summed E-state index contributed by atoms with van der Waals surface area (Å²) in [5.74, 6) is 0.931. The van der Waals surface area contributed by atoms with Crippen LogP contribution in [0.15, 0.2) is 18.5 Å². The second-order valence-corrected chi connectivity index (χ2v) is 5.11. The third-order valence-corrected chi connectivity index (χ3v) is 3.95. The monoisotopic (exact) mass is 249 g/mol. The number of nitrogens with zero attached hydrogens (tertiary/aromatic N) is 1. The van der Waals surface area contributed by atoms with Crippen LogP contribution in [0.3, 0.4) is 0 Å². The fourth-order valence-corrected chi connectivity index (χ4v) is 3.10. The number of aromatic nitrogens is 1. The molecule has 4 unspecified atom stereocenters. The van der Waals surface area contributed by atoms with Gasteiger partial charge in [0.05, 0.1) is 31.1 Å². The van der Waals surface area contributed by atoms with Gasteiger partial charge in [-0.2, -0.15) is 0 Å². The number of fused-ring (bicyclic) bond motifs is 2. The van der Waals surface area contributed by atoms with E-state index in [4.69, 9.17) is 9.47 Å². The van der Waals surface area contributed by atoms with Crippen molar-refractivity contribution in [3.63, 3.8) is 0 Å². The van der Waals surface area contributed by atoms with Gasteiger partial charge in [0.25, 0.3) is 0 Å². The molecule has 0 spiro atoms. The van der Waals surface area contributed by atoms with E-state index in [2.05, 4.69) is 4.98 Å². The standard InChI is InChI=1S/C14H19NO3/c1-2-17-11-5-9(7-15-8-11)14(16)12-6-10-3-4-13(12)18-10/h5,7-8,10,12-14,16H,2-4,6H2,1H3. The minimum absolute atomic E-state index is 0.211. The molecule has 1 aromatic heterocycles. The number of ether oxygens (including phenoxy) is 2. The summed E-state index contributed by atoms with van der Waals surface area (Å²) >= 11 is 0. The Labute approximate surface area is 107 Å². The molecule has 4 atom stereocenters. The first-order valence-corrected chi connectivity index (χ1v) is 6.69. The zero-order chi connectivity index (χ0) is 12.5. The van der Waals surface area contributed by atoms with E-state index >= 15 is 0 Å². The fraction of sp³-hybridized carbons (Fsp3) is 0.643. The lowest BCUT2D eigenvalue weighted by Gasteiger charge is -2.24. The van der Waals surface area contributed by atoms with Gasteiger partial charge in [-0.1, -0.05) is 0 Å². The van der Waals surface area contributed by atoms with Crippen molar-refractivity contribution in [1.82, 2.24) is 4.98 Å². The van der Waals surface area contributed by atoms with Gasteiger partial charge in [0, 0.05) is 17.7 Å². The molecule has 1 N–H and O–H groups in total. The fourth-order valence-electron chi connectivity index (χ4n) is 3.10. The van der Waals surface area contributed by atoms with Crippen LogP contribution in [0.25, 0.3) is 0 Å². The Morgan fingerprint density at radius 3 is 3.06 bits per heavy atom. The summed E-state index contributed by atoms with van der Waals surface area (Å²) in [6, 6.07) is 1.88. The first-order valence-electron chi connectivity index (χ1n) is 6.69. The average Bonchev–Trinajstić information content (AvgIpc) is 3.01. The van der Waals surface area contributed by atoms with Crippen molar-refractivity contribution < 1.29 is 14.6 Å². The molecular formula is C14H19NO3. The van der Waals surface area contributed by atoms with Crippen molar-refractivity contribution in [3.05, 3.63) is 24.0 Å². The summed E-state index contributed by atoms with van der Waals surface area (Å²) in [6.45, 7) is 2.55. The van der Waals surface area contributed by atoms with Crippen LogP contribution in [-0.4, -0.2) is 28.9 Å². The second kappa shape index (κ2) is 4.86. The molecular weight excluding hydrogens is 230 g/mol. The van der Waals surface area contributed by atoms with Gasteiger partial charge < -0.3 is 14.6 Å². The molecule has 4 heteroatoms. The lowest BCUT2D eigenvalue weighted by atomic mass is 9.83. The Hall–Kier alpha value is -1.13. The summed E-state index contributed by atoms with van der Waals surface area (Å²) < 4.78 is 11.2. The molecule has 2 fully saturated rings. The van der Waals surface area contributed by atoms with Crippen molar-refractivity contribution in [3.8, 4) is 5.75 Å². The van der Waals surface area contributed by atoms with Gasteiger partial charge in [-0.15, -0.1) is 0 Å². The Kier molecular flexibility index (Phi) is 3.22. The molecule has 2 bridgehead atoms. The van der Waals surface area contributed by atoms with Crippen LogP contribution in [0.2, 0.25) is 0 Å². The Morgan fingerprint density at radius 2 is 2.39 bits per heavy atom. The number of hydrogen-bond donors (Lipinski definition) is 1. The van der Waals surface area contributed by atoms with Crippen molar-refractivity contribution in [2.24, 2.45) is 5.92 Å². The van der Waals surface area contributed by atoms with Gasteiger partial charge in [0.1, 0.15) is 5.75 Å². The minimum Gasteiger partial charge on any atom is -0.492 e. The maximum absolute atomic E-state index is 10.5. The van der Waals surface area contributed by atoms with Gasteiger partial charge in [-0.05, 0) is 32.3 Å². The largest absolute Gasteiger partial charge is 0.492 e. The van der Waals surface area contributed by atoms with Gasteiger partial charge in [0.2, 0.25) is 0 Å². The number of hydrogen-bond acceptors (Lipinski definition) is 4. The summed E-state index contributed by atoms with van der Waals surface area (Å²) in [5.41, 5.74) is 0.835. The van der Waals surface area contributed by atoms with Crippen LogP contribution in [0.5, 0.6) is 5.75 Å². The van der Waals surface area contributed by atoms with Crippen LogP contribution in [0, 0.1) is 5.92 Å². The van der Waals surface area contributed by atoms with E-state index in [9.17, 15) is 5.11 Å². The third kappa shape index (κ3) is 2.10. The molecule has 2 aliphatic rings. The maximum atomic E-state index is 10.5. The van der Waals surface area contributed by atoms with Gasteiger partial charge in [0.15, 0.2) is 0 Å². The molecule has 4 nitrogen and oxygen atoms in total. The van der Waals surface area contributed by atoms with Crippen molar-refractivity contribution >= 4 is 0 Å². The van der Waals surface area contributed by atoms with E-state index in [-0.39, 0.29) is 12.0 Å². The summed E-state index contributed by atoms with van der Waals surface area (Å²) in [5, 5.41) is 10.5. The molecule has 98 valence electrons. The molecule has 2 aliphatic heterocycles. The van der Waals surface area contributed by atoms with Crippen LogP contribution in [-0.2, 0) is 4.74 Å². The average molecular weight is 249 g/mol. The van der Waals surface area contributed by atoms with Crippen LogP contribution < -0.4 is 4.74 Å². The quantitative estimate of drug-likeness (QED) is 0.887. The molecule has 0 radical (unpaired) electrons. The highest BCUT2D eigenvalue weighted by atomic mass is 16.5. The lowest BCUT2D eigenvalue weighted by Crippen LogP contribution is -2.23. The molecule has 2 saturated heterocycles. The smallest absolute Gasteiger partial charge is 0.137 e. The number of pyridine rings is 1. The normalized spacial score (nSPS) is 31.6. The Morgan fingerprint density at radius 1 is 1.50 bits per heavy atom. The van der Waals surface area contributed by atoms with E-state index in [1.54, 1.807) is 12.4 Å². The molecule has 1 aromatic rings. The van der Waals surface area contributed by atoms with Gasteiger partial charge >= 0.3 is 0 Å². The molecule has 3 rings (SSSR count). The third-order valence-electron chi connectivity index (χ3n) is 3.95. The Balaban J connectivity index is 1.75. The van der Waals surface area contributed by atoms with Crippen molar-refractivity contribution in [2.75, 3.05) is 6.61 Å². The molecule has 18 heavy (non-hydrogen) atoms. The van der Waals surface area contributed by atoms with E-state index in [0.717, 1.165) is 30.6 Å². The van der Waals surface area contributed by atoms with E-state index in [1.807, 2.05) is 13.0 Å². The van der Waals surface area contributed by atoms with E-state index in [1.165, 1.54) is 0 Å². The van der Waals surface area contributed by atoms with Crippen molar-refractivity contribution in [1.29, 1.82) is 0 Å². The maximum Gasteiger partial charge on any atom is 0.137 e. The predicted molar refractivity (Wildman–Crippen MR) is 66.4 cm³/mol. The number of aliphatic hydroxyl groups excluding tert-OH is 1. The highest BCUT2D eigenvalue weighted by molar-refractivity contribution is 5.26. The molecule has 0 aliphatic carbocycles. The highest BCUT2D eigenvalue weighted by Crippen LogP contribution is 2.44. The van der Waals surface area contributed by atoms with Crippen LogP contribution in [0.4, 0.5) is 0 Å². The lowest BCUT2D eigenvalue weighted by molar-refractivity contribution is 0.0420. The molecule has 0 aromatic carbocycles. The summed E-state index contributed by atoms with van der Waals surface area (Å²) in [7, 11) is 0. The summed E-state index contributed by atoms with van der Waals surface area (Å²) in [6.07, 6.45) is 6.67. The van der Waals surface area contributed by atoms with E-state index < -0.39 is 6.10 Å². The zero-order valence-corrected chi connectivity index (χ0v) is 10.6. The van der Waals surface area contributed by atoms with Gasteiger partial charge in [-0.3, -0.25) is 4.98 Å². The first-order chi connectivity index (χ1) is 8.78. The first kappa shape index (κ1) is 11.9. The number of rotatable bonds is 4. The molecule has 3 heterocycles. The highest BCUT2D eigenvalue weighted by Gasteiger charge is 2.44. The molecule has 0 saturated carbocycles. The summed E-state index contributed by atoms with van der Waals surface area (Å²) in [4.78, 5) is 4.13. The minimum atomic E-state index is -0.492.